The molecule has 1 aromatic carbocycles. The van der Waals surface area contributed by atoms with E-state index in [2.05, 4.69) is 23.0 Å². The quantitative estimate of drug-likeness (QED) is 0.717. The average Bonchev–Trinajstić information content (AvgIpc) is 2.41. The summed E-state index contributed by atoms with van der Waals surface area (Å²) in [5.41, 5.74) is 0.595. The van der Waals surface area contributed by atoms with Gasteiger partial charge in [-0.25, -0.2) is 4.79 Å². The van der Waals surface area contributed by atoms with Crippen molar-refractivity contribution in [2.75, 3.05) is 39.8 Å². The van der Waals surface area contributed by atoms with E-state index < -0.39 is 0 Å². The van der Waals surface area contributed by atoms with E-state index in [0.29, 0.717) is 5.56 Å². The zero-order chi connectivity index (χ0) is 14.5. The van der Waals surface area contributed by atoms with Crippen molar-refractivity contribution < 1.29 is 19.3 Å². The minimum Gasteiger partial charge on any atom is -0.453 e. The smallest absolute Gasteiger partial charge is 0.339 e. The monoisotopic (exact) mass is 342 g/mol. The van der Waals surface area contributed by atoms with E-state index in [4.69, 9.17) is 4.74 Å². The molecule has 2 N–H and O–H groups in total. The van der Waals surface area contributed by atoms with Crippen molar-refractivity contribution >= 4 is 21.9 Å². The number of carbonyl (C=O) groups is 1. The molecule has 0 amide bonds. The third-order valence-electron chi connectivity index (χ3n) is 3.79. The van der Waals surface area contributed by atoms with Crippen LogP contribution < -0.4 is 9.80 Å². The van der Waals surface area contributed by atoms with Gasteiger partial charge in [-0.05, 0) is 35.0 Å². The Morgan fingerprint density at radius 1 is 1.30 bits per heavy atom. The molecule has 0 radical (unpaired) electrons. The van der Waals surface area contributed by atoms with Crippen molar-refractivity contribution in [3.05, 3.63) is 34.3 Å². The zero-order valence-corrected chi connectivity index (χ0v) is 13.7. The van der Waals surface area contributed by atoms with Crippen LogP contribution in [0.5, 0.6) is 0 Å². The molecule has 1 heterocycles. The van der Waals surface area contributed by atoms with Gasteiger partial charge in [-0.2, -0.15) is 0 Å². The first-order chi connectivity index (χ1) is 9.56. The molecule has 1 saturated heterocycles. The number of carbonyl (C=O) groups excluding carboxylic acids is 1. The SMILES string of the molecule is C[C@H](C[NH+]1CC[NH+](C)CC1)OC(=O)c1ccccc1Br. The van der Waals surface area contributed by atoms with E-state index in [-0.39, 0.29) is 12.1 Å². The molecule has 0 saturated carbocycles. The molecule has 0 bridgehead atoms. The summed E-state index contributed by atoms with van der Waals surface area (Å²) in [6.07, 6.45) is -0.0528. The van der Waals surface area contributed by atoms with Crippen molar-refractivity contribution in [3.63, 3.8) is 0 Å². The molecule has 20 heavy (non-hydrogen) atoms. The first-order valence-corrected chi connectivity index (χ1v) is 7.96. The fraction of sp³-hybridized carbons (Fsp3) is 0.533. The molecule has 1 atom stereocenters. The van der Waals surface area contributed by atoms with Crippen LogP contribution in [0.15, 0.2) is 28.7 Å². The maximum absolute atomic E-state index is 12.1. The Bertz CT molecular complexity index is 459. The number of piperazine rings is 1. The van der Waals surface area contributed by atoms with E-state index in [0.717, 1.165) is 24.1 Å². The van der Waals surface area contributed by atoms with Crippen molar-refractivity contribution in [1.82, 2.24) is 0 Å². The van der Waals surface area contributed by atoms with Gasteiger partial charge in [0.05, 0.1) is 12.6 Å². The van der Waals surface area contributed by atoms with Gasteiger partial charge in [0.1, 0.15) is 38.8 Å². The summed E-state index contributed by atoms with van der Waals surface area (Å²) in [7, 11) is 2.23. The molecule has 0 aliphatic carbocycles. The Morgan fingerprint density at radius 2 is 1.95 bits per heavy atom. The highest BCUT2D eigenvalue weighted by atomic mass is 79.9. The van der Waals surface area contributed by atoms with Gasteiger partial charge in [0.15, 0.2) is 0 Å². The molecule has 4 nitrogen and oxygen atoms in total. The first kappa shape index (κ1) is 15.5. The van der Waals surface area contributed by atoms with Crippen LogP contribution in [0.4, 0.5) is 0 Å². The first-order valence-electron chi connectivity index (χ1n) is 7.16. The predicted molar refractivity (Wildman–Crippen MR) is 81.2 cm³/mol. The Hall–Kier alpha value is -0.910. The van der Waals surface area contributed by atoms with Crippen LogP contribution in [-0.2, 0) is 4.74 Å². The minimum absolute atomic E-state index is 0.0528. The second kappa shape index (κ2) is 7.20. The van der Waals surface area contributed by atoms with Crippen LogP contribution in [0.2, 0.25) is 0 Å². The summed E-state index contributed by atoms with van der Waals surface area (Å²) in [6, 6.07) is 7.38. The summed E-state index contributed by atoms with van der Waals surface area (Å²) in [4.78, 5) is 15.2. The van der Waals surface area contributed by atoms with Crippen LogP contribution >= 0.6 is 15.9 Å². The van der Waals surface area contributed by atoms with Crippen LogP contribution in [0, 0.1) is 0 Å². The lowest BCUT2D eigenvalue weighted by Crippen LogP contribution is -3.27. The standard InChI is InChI=1S/C15H21BrN2O2/c1-12(11-18-9-7-17(2)8-10-18)20-15(19)13-5-3-4-6-14(13)16/h3-6,12H,7-11H2,1-2H3/p+2/t12-/m1/s1. The topological polar surface area (TPSA) is 35.2 Å². The number of hydrogen-bond acceptors (Lipinski definition) is 2. The lowest BCUT2D eigenvalue weighted by atomic mass is 10.2. The van der Waals surface area contributed by atoms with Gasteiger partial charge in [-0.1, -0.05) is 12.1 Å². The van der Waals surface area contributed by atoms with Gasteiger partial charge in [0.2, 0.25) is 0 Å². The van der Waals surface area contributed by atoms with Crippen molar-refractivity contribution in [2.24, 2.45) is 0 Å². The number of nitrogens with one attached hydrogen (secondary N) is 2. The molecule has 1 aliphatic heterocycles. The van der Waals surface area contributed by atoms with Crippen molar-refractivity contribution in [3.8, 4) is 0 Å². The molecular weight excluding hydrogens is 320 g/mol. The highest BCUT2D eigenvalue weighted by Crippen LogP contribution is 2.17. The van der Waals surface area contributed by atoms with Gasteiger partial charge in [0.25, 0.3) is 0 Å². The lowest BCUT2D eigenvalue weighted by molar-refractivity contribution is -1.00. The predicted octanol–water partition coefficient (Wildman–Crippen LogP) is -0.592. The Kier molecular flexibility index (Phi) is 5.57. The summed E-state index contributed by atoms with van der Waals surface area (Å²) < 4.78 is 6.34. The zero-order valence-electron chi connectivity index (χ0n) is 12.1. The molecule has 0 aromatic heterocycles. The summed E-state index contributed by atoms with van der Waals surface area (Å²) in [6.45, 7) is 7.57. The second-order valence-corrected chi connectivity index (χ2v) is 6.46. The van der Waals surface area contributed by atoms with E-state index in [1.165, 1.54) is 18.0 Å². The summed E-state index contributed by atoms with van der Waals surface area (Å²) in [5, 5.41) is 0. The largest absolute Gasteiger partial charge is 0.453 e. The van der Waals surface area contributed by atoms with E-state index in [1.54, 1.807) is 11.0 Å². The molecular formula is C15H23BrN2O2+2. The molecule has 1 aromatic rings. The van der Waals surface area contributed by atoms with E-state index in [1.807, 2.05) is 25.1 Å². The van der Waals surface area contributed by atoms with Crippen LogP contribution in [0.1, 0.15) is 17.3 Å². The number of ether oxygens (including phenoxy) is 1. The van der Waals surface area contributed by atoms with Crippen LogP contribution in [0.3, 0.4) is 0 Å². The lowest BCUT2D eigenvalue weighted by Gasteiger charge is -2.28. The third-order valence-corrected chi connectivity index (χ3v) is 4.48. The van der Waals surface area contributed by atoms with Gasteiger partial charge < -0.3 is 14.5 Å². The maximum atomic E-state index is 12.1. The highest BCUT2D eigenvalue weighted by Gasteiger charge is 2.23. The van der Waals surface area contributed by atoms with Crippen molar-refractivity contribution in [1.29, 1.82) is 0 Å². The number of halogens is 1. The molecule has 110 valence electrons. The van der Waals surface area contributed by atoms with Crippen LogP contribution in [0.25, 0.3) is 0 Å². The molecule has 0 spiro atoms. The van der Waals surface area contributed by atoms with Gasteiger partial charge in [-0.3, -0.25) is 0 Å². The van der Waals surface area contributed by atoms with Gasteiger partial charge in [0, 0.05) is 4.47 Å². The Morgan fingerprint density at radius 3 is 2.60 bits per heavy atom. The fourth-order valence-corrected chi connectivity index (χ4v) is 3.00. The number of rotatable bonds is 4. The fourth-order valence-electron chi connectivity index (χ4n) is 2.56. The maximum Gasteiger partial charge on any atom is 0.339 e. The summed E-state index contributed by atoms with van der Waals surface area (Å²) in [5.74, 6) is -0.246. The third kappa shape index (κ3) is 4.30. The Labute approximate surface area is 128 Å². The van der Waals surface area contributed by atoms with Gasteiger partial charge in [-0.15, -0.1) is 0 Å². The molecule has 5 heteroatoms. The average molecular weight is 343 g/mol. The molecule has 0 unspecified atom stereocenters. The number of hydrogen-bond donors (Lipinski definition) is 2. The second-order valence-electron chi connectivity index (χ2n) is 5.61. The van der Waals surface area contributed by atoms with Crippen molar-refractivity contribution in [2.45, 2.75) is 13.0 Å². The minimum atomic E-state index is -0.246. The molecule has 1 aliphatic rings. The normalized spacial score (nSPS) is 24.1. The van der Waals surface area contributed by atoms with Crippen LogP contribution in [-0.4, -0.2) is 51.8 Å². The number of quaternary nitrogens is 2. The number of likely N-dealkylation sites (N-methyl/N-ethyl adjacent to an activating group) is 1. The number of esters is 1. The molecule has 1 fully saturated rings. The Balaban J connectivity index is 1.84. The van der Waals surface area contributed by atoms with E-state index in [9.17, 15) is 4.79 Å². The highest BCUT2D eigenvalue weighted by molar-refractivity contribution is 9.10. The van der Waals surface area contributed by atoms with E-state index >= 15 is 0 Å². The van der Waals surface area contributed by atoms with Gasteiger partial charge >= 0.3 is 5.97 Å². The number of benzene rings is 1. The molecule has 2 rings (SSSR count). The summed E-state index contributed by atoms with van der Waals surface area (Å²) >= 11 is 3.38.